The molecule has 3 aliphatic rings. The van der Waals surface area contributed by atoms with Gasteiger partial charge in [0.1, 0.15) is 5.69 Å². The maximum Gasteiger partial charge on any atom is 0.495 e. The number of nitrogens with zero attached hydrogens (tertiary/aromatic N) is 1. The third-order valence-corrected chi connectivity index (χ3v) is 8.38. The van der Waals surface area contributed by atoms with Gasteiger partial charge in [0.2, 0.25) is 0 Å². The Balaban J connectivity index is 1.54. The number of fused-ring (bicyclic) bond motifs is 4. The van der Waals surface area contributed by atoms with Gasteiger partial charge in [0.05, 0.1) is 22.6 Å². The standard InChI is InChI=1S/C32H38BNO4/c1-29(2,3)19-11-13-22-24(15-19)35-26-17-21(33-37-31(7,8)32(9,10)38-33)18-27-28(26)34(22)23-14-12-20(30(4,5)6)16-25(23)36-27/h11-18H,1-10H3. The van der Waals surface area contributed by atoms with Crippen molar-refractivity contribution in [2.24, 2.45) is 0 Å². The van der Waals surface area contributed by atoms with E-state index in [0.717, 1.165) is 45.5 Å². The van der Waals surface area contributed by atoms with Gasteiger partial charge >= 0.3 is 7.12 Å². The van der Waals surface area contributed by atoms with Crippen LogP contribution in [-0.2, 0) is 20.1 Å². The molecule has 0 aromatic heterocycles. The highest BCUT2D eigenvalue weighted by molar-refractivity contribution is 6.62. The Morgan fingerprint density at radius 2 is 1.03 bits per heavy atom. The second kappa shape index (κ2) is 7.80. The molecule has 38 heavy (non-hydrogen) atoms. The highest BCUT2D eigenvalue weighted by atomic mass is 16.7. The minimum atomic E-state index is -0.521. The van der Waals surface area contributed by atoms with E-state index in [1.807, 2.05) is 12.1 Å². The third kappa shape index (κ3) is 3.84. The van der Waals surface area contributed by atoms with E-state index in [-0.39, 0.29) is 10.8 Å². The summed E-state index contributed by atoms with van der Waals surface area (Å²) in [6, 6.07) is 17.1. The highest BCUT2D eigenvalue weighted by Crippen LogP contribution is 2.60. The molecule has 6 rings (SSSR count). The number of benzene rings is 3. The smallest absolute Gasteiger partial charge is 0.453 e. The van der Waals surface area contributed by atoms with Gasteiger partial charge in [-0.15, -0.1) is 0 Å². The second-order valence-electron chi connectivity index (χ2n) is 13.9. The third-order valence-electron chi connectivity index (χ3n) is 8.38. The molecule has 0 bridgehead atoms. The molecule has 3 aromatic carbocycles. The van der Waals surface area contributed by atoms with Crippen LogP contribution in [0.2, 0.25) is 0 Å². The summed E-state index contributed by atoms with van der Waals surface area (Å²) < 4.78 is 26.1. The van der Waals surface area contributed by atoms with Gasteiger partial charge in [0.15, 0.2) is 23.0 Å². The number of anilines is 3. The lowest BCUT2D eigenvalue weighted by atomic mass is 9.78. The maximum atomic E-state index is 6.62. The molecule has 6 heteroatoms. The maximum absolute atomic E-state index is 6.62. The van der Waals surface area contributed by atoms with Gasteiger partial charge in [0.25, 0.3) is 0 Å². The van der Waals surface area contributed by atoms with E-state index in [1.165, 1.54) is 11.1 Å². The van der Waals surface area contributed by atoms with Crippen molar-refractivity contribution in [2.75, 3.05) is 4.90 Å². The van der Waals surface area contributed by atoms with E-state index < -0.39 is 18.3 Å². The van der Waals surface area contributed by atoms with Crippen molar-refractivity contribution in [2.45, 2.75) is 91.3 Å². The monoisotopic (exact) mass is 511 g/mol. The Bertz CT molecular complexity index is 1360. The van der Waals surface area contributed by atoms with Gasteiger partial charge in [-0.25, -0.2) is 0 Å². The summed E-state index contributed by atoms with van der Waals surface area (Å²) in [4.78, 5) is 2.27. The van der Waals surface area contributed by atoms with Crippen LogP contribution >= 0.6 is 0 Å². The Labute approximate surface area is 227 Å². The van der Waals surface area contributed by atoms with E-state index in [1.54, 1.807) is 0 Å². The number of ether oxygens (including phenoxy) is 2. The van der Waals surface area contributed by atoms with E-state index in [9.17, 15) is 0 Å². The fourth-order valence-electron chi connectivity index (χ4n) is 5.20. The average molecular weight is 511 g/mol. The lowest BCUT2D eigenvalue weighted by Crippen LogP contribution is -2.41. The van der Waals surface area contributed by atoms with Crippen molar-refractivity contribution in [3.63, 3.8) is 0 Å². The molecule has 0 spiro atoms. The number of hydrogen-bond acceptors (Lipinski definition) is 5. The van der Waals surface area contributed by atoms with Crippen molar-refractivity contribution >= 4 is 29.6 Å². The lowest BCUT2D eigenvalue weighted by molar-refractivity contribution is 0.00578. The second-order valence-corrected chi connectivity index (χ2v) is 13.9. The van der Waals surface area contributed by atoms with Gasteiger partial charge in [-0.2, -0.15) is 0 Å². The minimum Gasteiger partial charge on any atom is -0.453 e. The Morgan fingerprint density at radius 3 is 1.42 bits per heavy atom. The minimum absolute atomic E-state index is 0.00110. The Kier molecular flexibility index (Phi) is 5.20. The van der Waals surface area contributed by atoms with Crippen molar-refractivity contribution in [1.82, 2.24) is 0 Å². The largest absolute Gasteiger partial charge is 0.495 e. The van der Waals surface area contributed by atoms with Gasteiger partial charge < -0.3 is 18.8 Å². The lowest BCUT2D eigenvalue weighted by Gasteiger charge is -2.39. The van der Waals surface area contributed by atoms with E-state index in [4.69, 9.17) is 18.8 Å². The molecule has 1 fully saturated rings. The first-order chi connectivity index (χ1) is 17.5. The Morgan fingerprint density at radius 1 is 0.605 bits per heavy atom. The summed E-state index contributed by atoms with van der Waals surface area (Å²) in [5, 5.41) is 0. The molecular weight excluding hydrogens is 473 g/mol. The molecule has 0 amide bonds. The van der Waals surface area contributed by atoms with Crippen LogP contribution in [-0.4, -0.2) is 18.3 Å². The molecule has 3 aromatic rings. The van der Waals surface area contributed by atoms with Gasteiger partial charge in [-0.1, -0.05) is 53.7 Å². The van der Waals surface area contributed by atoms with E-state index in [0.29, 0.717) is 0 Å². The zero-order chi connectivity index (χ0) is 27.4. The summed E-state index contributed by atoms with van der Waals surface area (Å²) in [5.74, 6) is 3.12. The molecular formula is C32H38BNO4. The average Bonchev–Trinajstić information content (AvgIpc) is 3.03. The normalized spacial score (nSPS) is 18.8. The first-order valence-corrected chi connectivity index (χ1v) is 13.5. The van der Waals surface area contributed by atoms with Crippen LogP contribution < -0.4 is 19.8 Å². The van der Waals surface area contributed by atoms with E-state index in [2.05, 4.69) is 111 Å². The van der Waals surface area contributed by atoms with Crippen LogP contribution in [0.3, 0.4) is 0 Å². The predicted molar refractivity (Wildman–Crippen MR) is 154 cm³/mol. The summed E-state index contributed by atoms with van der Waals surface area (Å²) in [6.07, 6.45) is 0. The van der Waals surface area contributed by atoms with Crippen molar-refractivity contribution in [3.05, 3.63) is 59.7 Å². The molecule has 0 N–H and O–H groups in total. The molecule has 0 saturated carbocycles. The molecule has 1 saturated heterocycles. The molecule has 0 radical (unpaired) electrons. The van der Waals surface area contributed by atoms with Crippen LogP contribution in [0.25, 0.3) is 0 Å². The van der Waals surface area contributed by atoms with Crippen molar-refractivity contribution in [1.29, 1.82) is 0 Å². The zero-order valence-electron chi connectivity index (χ0n) is 24.3. The van der Waals surface area contributed by atoms with E-state index >= 15 is 0 Å². The molecule has 3 heterocycles. The molecule has 0 atom stereocenters. The first-order valence-electron chi connectivity index (χ1n) is 13.5. The summed E-state index contributed by atoms with van der Waals surface area (Å²) in [5.41, 5.74) is 5.34. The fraction of sp³-hybridized carbons (Fsp3) is 0.438. The number of hydrogen-bond donors (Lipinski definition) is 0. The topological polar surface area (TPSA) is 40.2 Å². The summed E-state index contributed by atoms with van der Waals surface area (Å²) in [7, 11) is -0.521. The summed E-state index contributed by atoms with van der Waals surface area (Å²) >= 11 is 0. The highest BCUT2D eigenvalue weighted by Gasteiger charge is 2.52. The Hall–Kier alpha value is -2.96. The quantitative estimate of drug-likeness (QED) is 0.212. The molecule has 198 valence electrons. The van der Waals surface area contributed by atoms with Crippen LogP contribution in [0.15, 0.2) is 48.5 Å². The number of rotatable bonds is 1. The fourth-order valence-corrected chi connectivity index (χ4v) is 5.20. The molecule has 0 unspecified atom stereocenters. The molecule has 5 nitrogen and oxygen atoms in total. The summed E-state index contributed by atoms with van der Waals surface area (Å²) in [6.45, 7) is 21.6. The predicted octanol–water partition coefficient (Wildman–Crippen LogP) is 8.26. The molecule has 0 aliphatic carbocycles. The van der Waals surface area contributed by atoms with Crippen molar-refractivity contribution in [3.8, 4) is 23.0 Å². The van der Waals surface area contributed by atoms with Gasteiger partial charge in [0, 0.05) is 0 Å². The SMILES string of the molecule is CC(C)(C)c1ccc2c(c1)Oc1cc(B3OC(C)(C)C(C)(C)O3)cc3c1N2c1ccc(C(C)(C)C)cc1O3. The van der Waals surface area contributed by atoms with Crippen LogP contribution in [0.1, 0.15) is 80.4 Å². The molecule has 3 aliphatic heterocycles. The first kappa shape index (κ1) is 25.3. The van der Waals surface area contributed by atoms with Gasteiger partial charge in [-0.3, -0.25) is 4.90 Å². The zero-order valence-corrected chi connectivity index (χ0v) is 24.3. The van der Waals surface area contributed by atoms with Crippen LogP contribution in [0, 0.1) is 0 Å². The van der Waals surface area contributed by atoms with Crippen LogP contribution in [0.5, 0.6) is 23.0 Å². The van der Waals surface area contributed by atoms with Crippen molar-refractivity contribution < 1.29 is 18.8 Å². The van der Waals surface area contributed by atoms with Gasteiger partial charge in [-0.05, 0) is 91.5 Å². The van der Waals surface area contributed by atoms with Crippen LogP contribution in [0.4, 0.5) is 17.1 Å².